The summed E-state index contributed by atoms with van der Waals surface area (Å²) in [5.41, 5.74) is 0.527. The molecular weight excluding hydrogens is 232 g/mol. The number of nitrogens with one attached hydrogen (secondary N) is 2. The van der Waals surface area contributed by atoms with E-state index in [9.17, 15) is 4.79 Å². The van der Waals surface area contributed by atoms with E-state index in [1.807, 2.05) is 6.20 Å². The summed E-state index contributed by atoms with van der Waals surface area (Å²) in [6.45, 7) is 4.08. The van der Waals surface area contributed by atoms with Gasteiger partial charge in [-0.2, -0.15) is 0 Å². The van der Waals surface area contributed by atoms with Gasteiger partial charge in [-0.05, 0) is 6.42 Å². The topological polar surface area (TPSA) is 68.2 Å². The molecule has 6 nitrogen and oxygen atoms in total. The molecule has 1 atom stereocenters. The first-order valence-electron chi connectivity index (χ1n) is 6.48. The molecule has 0 bridgehead atoms. The summed E-state index contributed by atoms with van der Waals surface area (Å²) in [6, 6.07) is 0.140. The van der Waals surface area contributed by atoms with E-state index in [4.69, 9.17) is 4.74 Å². The van der Waals surface area contributed by atoms with Crippen molar-refractivity contribution in [3.63, 3.8) is 0 Å². The standard InChI is InChI=1S/C12H18N4O2/c17-12(14-9-2-6-18-8-9)10-7-16-5-4-13-3-1-11(16)15-10/h7,9,13H,1-6,8H2,(H,14,17). The highest BCUT2D eigenvalue weighted by Crippen LogP contribution is 2.08. The third kappa shape index (κ3) is 2.39. The zero-order valence-electron chi connectivity index (χ0n) is 10.3. The number of rotatable bonds is 2. The number of imidazole rings is 1. The molecule has 1 aromatic heterocycles. The van der Waals surface area contributed by atoms with Crippen molar-refractivity contribution in [2.24, 2.45) is 0 Å². The van der Waals surface area contributed by atoms with Crippen molar-refractivity contribution in [2.75, 3.05) is 26.3 Å². The van der Waals surface area contributed by atoms with Crippen LogP contribution in [0.2, 0.25) is 0 Å². The second kappa shape index (κ2) is 5.07. The van der Waals surface area contributed by atoms with E-state index in [1.165, 1.54) is 0 Å². The second-order valence-corrected chi connectivity index (χ2v) is 4.77. The average molecular weight is 250 g/mol. The van der Waals surface area contributed by atoms with Gasteiger partial charge < -0.3 is 19.9 Å². The van der Waals surface area contributed by atoms with Gasteiger partial charge in [0.15, 0.2) is 0 Å². The Kier molecular flexibility index (Phi) is 3.29. The van der Waals surface area contributed by atoms with Crippen LogP contribution >= 0.6 is 0 Å². The van der Waals surface area contributed by atoms with Gasteiger partial charge in [-0.25, -0.2) is 4.98 Å². The van der Waals surface area contributed by atoms with Gasteiger partial charge in [0.1, 0.15) is 11.5 Å². The van der Waals surface area contributed by atoms with E-state index < -0.39 is 0 Å². The Balaban J connectivity index is 1.69. The van der Waals surface area contributed by atoms with E-state index >= 15 is 0 Å². The molecule has 0 aromatic carbocycles. The SMILES string of the molecule is O=C(NC1CCOC1)c1cn2c(n1)CCNCC2. The Morgan fingerprint density at radius 2 is 2.50 bits per heavy atom. The van der Waals surface area contributed by atoms with E-state index in [1.54, 1.807) is 0 Å². The van der Waals surface area contributed by atoms with Crippen molar-refractivity contribution in [3.8, 4) is 0 Å². The monoisotopic (exact) mass is 250 g/mol. The molecule has 6 heteroatoms. The normalized spacial score (nSPS) is 23.4. The molecule has 3 heterocycles. The maximum atomic E-state index is 12.0. The van der Waals surface area contributed by atoms with Crippen LogP contribution in [-0.4, -0.2) is 47.8 Å². The van der Waals surface area contributed by atoms with Crippen LogP contribution in [0.3, 0.4) is 0 Å². The number of carbonyl (C=O) groups excluding carboxylic acids is 1. The number of aromatic nitrogens is 2. The largest absolute Gasteiger partial charge is 0.379 e. The lowest BCUT2D eigenvalue weighted by atomic mass is 10.2. The lowest BCUT2D eigenvalue weighted by Crippen LogP contribution is -2.35. The number of amides is 1. The van der Waals surface area contributed by atoms with Crippen LogP contribution in [0.4, 0.5) is 0 Å². The lowest BCUT2D eigenvalue weighted by molar-refractivity contribution is 0.0925. The van der Waals surface area contributed by atoms with Gasteiger partial charge in [0.05, 0.1) is 12.6 Å². The lowest BCUT2D eigenvalue weighted by Gasteiger charge is -2.08. The van der Waals surface area contributed by atoms with Gasteiger partial charge in [-0.15, -0.1) is 0 Å². The Bertz CT molecular complexity index is 414. The number of carbonyl (C=O) groups is 1. The third-order valence-electron chi connectivity index (χ3n) is 3.41. The van der Waals surface area contributed by atoms with Crippen LogP contribution in [-0.2, 0) is 17.7 Å². The highest BCUT2D eigenvalue weighted by atomic mass is 16.5. The van der Waals surface area contributed by atoms with E-state index in [0.717, 1.165) is 44.9 Å². The Labute approximate surface area is 106 Å². The highest BCUT2D eigenvalue weighted by molar-refractivity contribution is 5.92. The Morgan fingerprint density at radius 1 is 1.56 bits per heavy atom. The first-order valence-corrected chi connectivity index (χ1v) is 6.48. The molecule has 2 N–H and O–H groups in total. The smallest absolute Gasteiger partial charge is 0.271 e. The zero-order valence-corrected chi connectivity index (χ0v) is 10.3. The molecule has 0 radical (unpaired) electrons. The van der Waals surface area contributed by atoms with Gasteiger partial charge in [0.25, 0.3) is 5.91 Å². The van der Waals surface area contributed by atoms with Gasteiger partial charge in [-0.3, -0.25) is 4.79 Å². The molecular formula is C12H18N4O2. The van der Waals surface area contributed by atoms with Crippen molar-refractivity contribution in [3.05, 3.63) is 17.7 Å². The molecule has 2 aliphatic heterocycles. The molecule has 1 fully saturated rings. The molecule has 2 aliphatic rings. The van der Waals surface area contributed by atoms with Gasteiger partial charge in [0, 0.05) is 38.9 Å². The first-order chi connectivity index (χ1) is 8.83. The molecule has 18 heavy (non-hydrogen) atoms. The minimum absolute atomic E-state index is 0.0842. The molecule has 98 valence electrons. The Hall–Kier alpha value is -1.40. The fourth-order valence-electron chi connectivity index (χ4n) is 2.39. The summed E-state index contributed by atoms with van der Waals surface area (Å²) in [6.07, 6.45) is 3.62. The van der Waals surface area contributed by atoms with Crippen molar-refractivity contribution in [1.29, 1.82) is 0 Å². The van der Waals surface area contributed by atoms with Crippen LogP contribution in [0, 0.1) is 0 Å². The first kappa shape index (κ1) is 11.7. The summed E-state index contributed by atoms with van der Waals surface area (Å²) in [4.78, 5) is 16.5. The molecule has 0 aliphatic carbocycles. The molecule has 1 unspecified atom stereocenters. The third-order valence-corrected chi connectivity index (χ3v) is 3.41. The maximum Gasteiger partial charge on any atom is 0.271 e. The molecule has 1 saturated heterocycles. The van der Waals surface area contributed by atoms with Gasteiger partial charge in [0.2, 0.25) is 0 Å². The fraction of sp³-hybridized carbons (Fsp3) is 0.667. The van der Waals surface area contributed by atoms with E-state index in [-0.39, 0.29) is 11.9 Å². The summed E-state index contributed by atoms with van der Waals surface area (Å²) in [5, 5.41) is 6.27. The van der Waals surface area contributed by atoms with Crippen molar-refractivity contribution in [2.45, 2.75) is 25.4 Å². The predicted molar refractivity (Wildman–Crippen MR) is 65.5 cm³/mol. The molecule has 1 amide bonds. The zero-order chi connectivity index (χ0) is 12.4. The molecule has 1 aromatic rings. The van der Waals surface area contributed by atoms with Crippen LogP contribution in [0.25, 0.3) is 0 Å². The molecule has 3 rings (SSSR count). The number of hydrogen-bond donors (Lipinski definition) is 2. The maximum absolute atomic E-state index is 12.0. The number of ether oxygens (including phenoxy) is 1. The number of fused-ring (bicyclic) bond motifs is 1. The van der Waals surface area contributed by atoms with Gasteiger partial charge in [-0.1, -0.05) is 0 Å². The summed E-state index contributed by atoms with van der Waals surface area (Å²) >= 11 is 0. The van der Waals surface area contributed by atoms with Crippen LogP contribution < -0.4 is 10.6 Å². The fourth-order valence-corrected chi connectivity index (χ4v) is 2.39. The average Bonchev–Trinajstić information content (AvgIpc) is 2.95. The highest BCUT2D eigenvalue weighted by Gasteiger charge is 2.21. The minimum atomic E-state index is -0.0842. The predicted octanol–water partition coefficient (Wildman–Crippen LogP) is -0.452. The van der Waals surface area contributed by atoms with Crippen molar-refractivity contribution < 1.29 is 9.53 Å². The van der Waals surface area contributed by atoms with E-state index in [2.05, 4.69) is 20.2 Å². The van der Waals surface area contributed by atoms with Gasteiger partial charge >= 0.3 is 0 Å². The quantitative estimate of drug-likeness (QED) is 0.746. The molecule has 0 saturated carbocycles. The number of nitrogens with zero attached hydrogens (tertiary/aromatic N) is 2. The van der Waals surface area contributed by atoms with Crippen LogP contribution in [0.1, 0.15) is 22.7 Å². The minimum Gasteiger partial charge on any atom is -0.379 e. The van der Waals surface area contributed by atoms with Crippen LogP contribution in [0.15, 0.2) is 6.20 Å². The van der Waals surface area contributed by atoms with Crippen LogP contribution in [0.5, 0.6) is 0 Å². The summed E-state index contributed by atoms with van der Waals surface area (Å²) in [5.74, 6) is 0.909. The van der Waals surface area contributed by atoms with Crippen molar-refractivity contribution in [1.82, 2.24) is 20.2 Å². The Morgan fingerprint density at radius 3 is 3.33 bits per heavy atom. The molecule has 0 spiro atoms. The summed E-state index contributed by atoms with van der Waals surface area (Å²) in [7, 11) is 0. The second-order valence-electron chi connectivity index (χ2n) is 4.77. The van der Waals surface area contributed by atoms with Crippen molar-refractivity contribution >= 4 is 5.91 Å². The summed E-state index contributed by atoms with van der Waals surface area (Å²) < 4.78 is 7.31. The number of hydrogen-bond acceptors (Lipinski definition) is 4. The van der Waals surface area contributed by atoms with E-state index in [0.29, 0.717) is 12.3 Å².